The van der Waals surface area contributed by atoms with E-state index >= 15 is 0 Å². The number of nitrogens with one attached hydrogen (secondary N) is 2. The van der Waals surface area contributed by atoms with Gasteiger partial charge in [0.25, 0.3) is 0 Å². The van der Waals surface area contributed by atoms with Crippen molar-refractivity contribution < 1.29 is 4.74 Å². The van der Waals surface area contributed by atoms with Gasteiger partial charge in [0.2, 0.25) is 5.95 Å². The number of pyridine rings is 1. The van der Waals surface area contributed by atoms with Crippen LogP contribution in [0.1, 0.15) is 0 Å². The summed E-state index contributed by atoms with van der Waals surface area (Å²) in [6.07, 6.45) is 1.73. The smallest absolute Gasteiger partial charge is 0.243 e. The highest BCUT2D eigenvalue weighted by Crippen LogP contribution is 2.10. The summed E-state index contributed by atoms with van der Waals surface area (Å²) >= 11 is 5.87. The van der Waals surface area contributed by atoms with Gasteiger partial charge in [0.15, 0.2) is 5.65 Å². The molecule has 0 atom stereocenters. The highest BCUT2D eigenvalue weighted by atomic mass is 35.5. The third kappa shape index (κ3) is 3.56. The summed E-state index contributed by atoms with van der Waals surface area (Å²) in [6, 6.07) is 3.62. The maximum Gasteiger partial charge on any atom is 0.243 e. The zero-order chi connectivity index (χ0) is 12.8. The summed E-state index contributed by atoms with van der Waals surface area (Å²) in [5, 5.41) is 11.3. The van der Waals surface area contributed by atoms with Crippen LogP contribution in [-0.4, -0.2) is 47.9 Å². The molecular weight excluding hydrogens is 254 g/mol. The van der Waals surface area contributed by atoms with E-state index in [1.54, 1.807) is 23.9 Å². The van der Waals surface area contributed by atoms with Gasteiger partial charge in [0, 0.05) is 32.9 Å². The minimum atomic E-state index is 0.603. The highest BCUT2D eigenvalue weighted by molar-refractivity contribution is 6.30. The fourth-order valence-corrected chi connectivity index (χ4v) is 1.65. The van der Waals surface area contributed by atoms with E-state index in [9.17, 15) is 0 Å². The lowest BCUT2D eigenvalue weighted by Crippen LogP contribution is -2.25. The zero-order valence-corrected chi connectivity index (χ0v) is 10.9. The fourth-order valence-electron chi connectivity index (χ4n) is 1.49. The van der Waals surface area contributed by atoms with E-state index in [2.05, 4.69) is 20.7 Å². The molecule has 0 aliphatic heterocycles. The first-order valence-electron chi connectivity index (χ1n) is 5.75. The molecule has 0 aliphatic rings. The van der Waals surface area contributed by atoms with E-state index in [4.69, 9.17) is 16.3 Å². The molecule has 18 heavy (non-hydrogen) atoms. The molecule has 0 aromatic carbocycles. The number of aromatic nitrogens is 3. The Hall–Kier alpha value is -1.37. The van der Waals surface area contributed by atoms with Gasteiger partial charge >= 0.3 is 0 Å². The molecule has 6 nitrogen and oxygen atoms in total. The van der Waals surface area contributed by atoms with E-state index in [1.165, 1.54) is 0 Å². The first-order valence-corrected chi connectivity index (χ1v) is 6.13. The maximum absolute atomic E-state index is 5.87. The average molecular weight is 270 g/mol. The monoisotopic (exact) mass is 269 g/mol. The minimum absolute atomic E-state index is 0.603. The fraction of sp³-hybridized carbons (Fsp3) is 0.455. The van der Waals surface area contributed by atoms with Gasteiger partial charge in [-0.2, -0.15) is 4.98 Å². The third-order valence-electron chi connectivity index (χ3n) is 2.36. The molecule has 2 aromatic heterocycles. The lowest BCUT2D eigenvalue weighted by atomic mass is 10.5. The molecule has 0 spiro atoms. The Morgan fingerprint density at radius 2 is 2.22 bits per heavy atom. The molecule has 98 valence electrons. The molecule has 0 aliphatic carbocycles. The lowest BCUT2D eigenvalue weighted by Gasteiger charge is -2.03. The van der Waals surface area contributed by atoms with Gasteiger partial charge in [-0.3, -0.25) is 0 Å². The topological polar surface area (TPSA) is 63.5 Å². The van der Waals surface area contributed by atoms with Crippen molar-refractivity contribution in [2.75, 3.05) is 38.7 Å². The lowest BCUT2D eigenvalue weighted by molar-refractivity contribution is 0.200. The van der Waals surface area contributed by atoms with Crippen molar-refractivity contribution in [2.24, 2.45) is 0 Å². The third-order valence-corrected chi connectivity index (χ3v) is 2.59. The van der Waals surface area contributed by atoms with Crippen LogP contribution in [0.4, 0.5) is 5.95 Å². The minimum Gasteiger partial charge on any atom is -0.383 e. The second kappa shape index (κ2) is 6.53. The molecule has 0 saturated carbocycles. The van der Waals surface area contributed by atoms with Gasteiger partial charge in [-0.25, -0.2) is 4.52 Å². The van der Waals surface area contributed by atoms with Gasteiger partial charge in [0.05, 0.1) is 11.6 Å². The first-order chi connectivity index (χ1) is 8.79. The van der Waals surface area contributed by atoms with Crippen molar-refractivity contribution >= 4 is 23.2 Å². The van der Waals surface area contributed by atoms with Crippen LogP contribution in [0.2, 0.25) is 5.02 Å². The molecule has 0 saturated heterocycles. The van der Waals surface area contributed by atoms with Gasteiger partial charge in [0.1, 0.15) is 0 Å². The van der Waals surface area contributed by atoms with E-state index in [0.29, 0.717) is 17.6 Å². The van der Waals surface area contributed by atoms with Crippen LogP contribution in [0.3, 0.4) is 0 Å². The Morgan fingerprint density at radius 3 is 3.06 bits per heavy atom. The van der Waals surface area contributed by atoms with Crippen LogP contribution in [0.5, 0.6) is 0 Å². The van der Waals surface area contributed by atoms with Gasteiger partial charge < -0.3 is 15.4 Å². The molecule has 0 radical (unpaired) electrons. The van der Waals surface area contributed by atoms with Crippen LogP contribution in [-0.2, 0) is 4.74 Å². The molecular formula is C11H16ClN5O. The molecule has 0 bridgehead atoms. The second-order valence-corrected chi connectivity index (χ2v) is 4.19. The maximum atomic E-state index is 5.87. The van der Waals surface area contributed by atoms with Crippen molar-refractivity contribution in [3.63, 3.8) is 0 Å². The highest BCUT2D eigenvalue weighted by Gasteiger charge is 2.02. The van der Waals surface area contributed by atoms with E-state index < -0.39 is 0 Å². The van der Waals surface area contributed by atoms with Crippen LogP contribution >= 0.6 is 11.6 Å². The van der Waals surface area contributed by atoms with Crippen molar-refractivity contribution in [1.82, 2.24) is 19.9 Å². The number of methoxy groups -OCH3 is 1. The summed E-state index contributed by atoms with van der Waals surface area (Å²) in [5.41, 5.74) is 0.772. The molecule has 0 amide bonds. The number of rotatable bonds is 7. The van der Waals surface area contributed by atoms with E-state index in [-0.39, 0.29) is 0 Å². The average Bonchev–Trinajstić information content (AvgIpc) is 2.75. The SMILES string of the molecule is COCCNCCNc1nc2ccc(Cl)cn2n1. The molecule has 2 N–H and O–H groups in total. The number of nitrogens with zero attached hydrogens (tertiary/aromatic N) is 3. The van der Waals surface area contributed by atoms with Crippen LogP contribution in [0.25, 0.3) is 5.65 Å². The predicted octanol–water partition coefficient (Wildman–Crippen LogP) is 1.03. The van der Waals surface area contributed by atoms with Crippen molar-refractivity contribution in [2.45, 2.75) is 0 Å². The number of hydrogen-bond acceptors (Lipinski definition) is 5. The number of anilines is 1. The largest absolute Gasteiger partial charge is 0.383 e. The van der Waals surface area contributed by atoms with Crippen molar-refractivity contribution in [1.29, 1.82) is 0 Å². The number of ether oxygens (including phenoxy) is 1. The summed E-state index contributed by atoms with van der Waals surface area (Å²) in [7, 11) is 1.69. The van der Waals surface area contributed by atoms with Crippen molar-refractivity contribution in [3.05, 3.63) is 23.4 Å². The van der Waals surface area contributed by atoms with Crippen LogP contribution in [0.15, 0.2) is 18.3 Å². The molecule has 0 fully saturated rings. The quantitative estimate of drug-likeness (QED) is 0.735. The van der Waals surface area contributed by atoms with Crippen molar-refractivity contribution in [3.8, 4) is 0 Å². The Labute approximate surface area is 110 Å². The Morgan fingerprint density at radius 1 is 1.33 bits per heavy atom. The van der Waals surface area contributed by atoms with Crippen LogP contribution < -0.4 is 10.6 Å². The number of hydrogen-bond donors (Lipinski definition) is 2. The standard InChI is InChI=1S/C11H16ClN5O/c1-18-7-6-13-4-5-14-11-15-10-3-2-9(12)8-17(10)16-11/h2-3,8,13H,4-7H2,1H3,(H,14,16). The Bertz CT molecular complexity index is 501. The number of halogens is 1. The summed E-state index contributed by atoms with van der Waals surface area (Å²) < 4.78 is 6.59. The molecule has 2 rings (SSSR count). The molecule has 7 heteroatoms. The second-order valence-electron chi connectivity index (χ2n) is 3.76. The normalized spacial score (nSPS) is 11.0. The van der Waals surface area contributed by atoms with Crippen LogP contribution in [0, 0.1) is 0 Å². The first kappa shape index (κ1) is 13.1. The summed E-state index contributed by atoms with van der Waals surface area (Å²) in [6.45, 7) is 3.14. The molecule has 2 aromatic rings. The summed E-state index contributed by atoms with van der Waals surface area (Å²) in [5.74, 6) is 0.603. The van der Waals surface area contributed by atoms with Gasteiger partial charge in [-0.15, -0.1) is 5.10 Å². The Balaban J connectivity index is 1.81. The Kier molecular flexibility index (Phi) is 4.74. The molecule has 0 unspecified atom stereocenters. The van der Waals surface area contributed by atoms with E-state index in [1.807, 2.05) is 6.07 Å². The van der Waals surface area contributed by atoms with E-state index in [0.717, 1.165) is 25.3 Å². The predicted molar refractivity (Wildman–Crippen MR) is 71.2 cm³/mol. The summed E-state index contributed by atoms with van der Waals surface area (Å²) in [4.78, 5) is 4.32. The van der Waals surface area contributed by atoms with Gasteiger partial charge in [-0.05, 0) is 12.1 Å². The zero-order valence-electron chi connectivity index (χ0n) is 10.2. The number of fused-ring (bicyclic) bond motifs is 1. The van der Waals surface area contributed by atoms with Gasteiger partial charge in [-0.1, -0.05) is 11.6 Å². The molecule has 2 heterocycles.